The lowest BCUT2D eigenvalue weighted by atomic mass is 9.98. The minimum absolute atomic E-state index is 0.0223. The van der Waals surface area contributed by atoms with E-state index in [2.05, 4.69) is 10.1 Å². The van der Waals surface area contributed by atoms with E-state index in [1.54, 1.807) is 0 Å². The Bertz CT molecular complexity index is 1170. The second-order valence-electron chi connectivity index (χ2n) is 7.57. The molecule has 0 amide bonds. The van der Waals surface area contributed by atoms with Crippen LogP contribution in [0.25, 0.3) is 11.1 Å². The van der Waals surface area contributed by atoms with E-state index < -0.39 is 57.7 Å². The second-order valence-corrected chi connectivity index (χ2v) is 9.35. The van der Waals surface area contributed by atoms with Crippen LogP contribution in [0.1, 0.15) is 18.2 Å². The van der Waals surface area contributed by atoms with Gasteiger partial charge in [-0.25, -0.2) is 35.1 Å². The molecule has 2 aliphatic heterocycles. The Morgan fingerprint density at radius 3 is 2.56 bits per heavy atom. The van der Waals surface area contributed by atoms with E-state index in [9.17, 15) is 30.4 Å². The van der Waals surface area contributed by atoms with Crippen molar-refractivity contribution in [2.45, 2.75) is 24.5 Å². The van der Waals surface area contributed by atoms with Crippen molar-refractivity contribution >= 4 is 15.9 Å². The van der Waals surface area contributed by atoms with Gasteiger partial charge in [0.1, 0.15) is 29.3 Å². The molecule has 0 radical (unpaired) electrons. The molecule has 13 heteroatoms. The number of nitrogens with zero attached hydrogens (tertiary/aromatic N) is 3. The van der Waals surface area contributed by atoms with Crippen molar-refractivity contribution in [3.8, 4) is 11.1 Å². The van der Waals surface area contributed by atoms with Gasteiger partial charge in [-0.3, -0.25) is 4.98 Å². The van der Waals surface area contributed by atoms with Gasteiger partial charge in [-0.1, -0.05) is 11.2 Å². The minimum atomic E-state index is -3.87. The molecule has 2 atom stereocenters. The number of pyridine rings is 1. The highest BCUT2D eigenvalue weighted by Crippen LogP contribution is 2.38. The number of hydrogen-bond donors (Lipinski definition) is 1. The summed E-state index contributed by atoms with van der Waals surface area (Å²) in [4.78, 5) is 10.4. The maximum Gasteiger partial charge on any atom is 0.282 e. The normalized spacial score (nSPS) is 22.7. The van der Waals surface area contributed by atoms with E-state index in [1.807, 2.05) is 4.72 Å². The maximum atomic E-state index is 14.3. The van der Waals surface area contributed by atoms with Crippen molar-refractivity contribution in [3.05, 3.63) is 53.6 Å². The molecule has 172 valence electrons. The number of alkyl halides is 2. The molecule has 2 aromatic rings. The number of benzene rings is 1. The van der Waals surface area contributed by atoms with Crippen LogP contribution in [0.2, 0.25) is 0 Å². The van der Waals surface area contributed by atoms with Crippen LogP contribution in [-0.2, 0) is 14.9 Å². The molecule has 1 aromatic carbocycles. The van der Waals surface area contributed by atoms with Crippen molar-refractivity contribution in [3.63, 3.8) is 0 Å². The summed E-state index contributed by atoms with van der Waals surface area (Å²) in [5, 5.41) is 3.78. The Morgan fingerprint density at radius 1 is 1.22 bits per heavy atom. The Kier molecular flexibility index (Phi) is 5.57. The average molecular weight is 476 g/mol. The zero-order chi connectivity index (χ0) is 23.3. The van der Waals surface area contributed by atoms with Crippen LogP contribution < -0.4 is 4.72 Å². The molecule has 0 spiro atoms. The SMILES string of the molecule is CS(=O)(=O)N[C@@H]1CN(C2=NOC(c3ncc(F)cc3-c3c(F)cccc3F)C2)CC1(F)F. The summed E-state index contributed by atoms with van der Waals surface area (Å²) >= 11 is 0. The summed E-state index contributed by atoms with van der Waals surface area (Å²) < 4.78 is 95.7. The van der Waals surface area contributed by atoms with Gasteiger partial charge in [0.25, 0.3) is 5.92 Å². The lowest BCUT2D eigenvalue weighted by molar-refractivity contribution is -0.00123. The Hall–Kier alpha value is -2.80. The molecule has 32 heavy (non-hydrogen) atoms. The van der Waals surface area contributed by atoms with Gasteiger partial charge in [-0.2, -0.15) is 0 Å². The van der Waals surface area contributed by atoms with E-state index in [1.165, 1.54) is 0 Å². The first-order chi connectivity index (χ1) is 14.9. The quantitative estimate of drug-likeness (QED) is 0.687. The number of nitrogens with one attached hydrogen (secondary N) is 1. The molecule has 0 saturated carbocycles. The fourth-order valence-corrected chi connectivity index (χ4v) is 4.49. The largest absolute Gasteiger partial charge is 0.384 e. The Balaban J connectivity index is 1.58. The molecule has 1 saturated heterocycles. The number of aromatic nitrogens is 1. The summed E-state index contributed by atoms with van der Waals surface area (Å²) in [6.07, 6.45) is 0.509. The highest BCUT2D eigenvalue weighted by atomic mass is 32.2. The van der Waals surface area contributed by atoms with E-state index in [0.29, 0.717) is 0 Å². The third kappa shape index (κ3) is 4.39. The molecular formula is C19H17F5N4O3S. The zero-order valence-corrected chi connectivity index (χ0v) is 17.3. The van der Waals surface area contributed by atoms with E-state index >= 15 is 0 Å². The molecule has 4 rings (SSSR count). The molecule has 0 aliphatic carbocycles. The fourth-order valence-electron chi connectivity index (χ4n) is 3.72. The summed E-state index contributed by atoms with van der Waals surface area (Å²) in [6.45, 7) is -1.17. The first-order valence-electron chi connectivity index (χ1n) is 9.37. The van der Waals surface area contributed by atoms with Crippen LogP contribution in [0.4, 0.5) is 22.0 Å². The van der Waals surface area contributed by atoms with Crippen LogP contribution in [0.5, 0.6) is 0 Å². The van der Waals surface area contributed by atoms with Gasteiger partial charge in [-0.15, -0.1) is 0 Å². The maximum absolute atomic E-state index is 14.3. The van der Waals surface area contributed by atoms with Gasteiger partial charge in [0.15, 0.2) is 6.10 Å². The number of amidine groups is 1. The van der Waals surface area contributed by atoms with Gasteiger partial charge in [0.2, 0.25) is 10.0 Å². The van der Waals surface area contributed by atoms with Crippen LogP contribution in [-0.4, -0.2) is 55.4 Å². The number of rotatable bonds is 4. The smallest absolute Gasteiger partial charge is 0.282 e. The van der Waals surface area contributed by atoms with Crippen molar-refractivity contribution < 1.29 is 35.2 Å². The number of hydrogen-bond acceptors (Lipinski definition) is 6. The first kappa shape index (κ1) is 22.4. The van der Waals surface area contributed by atoms with Gasteiger partial charge < -0.3 is 9.74 Å². The highest BCUT2D eigenvalue weighted by Gasteiger charge is 2.51. The predicted molar refractivity (Wildman–Crippen MR) is 104 cm³/mol. The monoisotopic (exact) mass is 476 g/mol. The molecule has 1 aromatic heterocycles. The van der Waals surface area contributed by atoms with Crippen LogP contribution in [0, 0.1) is 17.5 Å². The summed E-state index contributed by atoms with van der Waals surface area (Å²) in [5.74, 6) is -5.99. The average Bonchev–Trinajstić information content (AvgIpc) is 3.25. The van der Waals surface area contributed by atoms with Gasteiger partial charge in [-0.05, 0) is 18.2 Å². The summed E-state index contributed by atoms with van der Waals surface area (Å²) in [6, 6.07) is 2.41. The second kappa shape index (κ2) is 7.96. The standard InChI is InChI=1S/C19H17F5N4O3S/c1-32(29,30)27-15-8-28(9-19(15,23)24)16-6-14(31-26-16)18-11(5-10(20)7-25-18)17-12(21)3-2-4-13(17)22/h2-5,7,14-15,27H,6,8-9H2,1H3/t14?,15-/m1/s1. The third-order valence-corrected chi connectivity index (χ3v) is 5.82. The van der Waals surface area contributed by atoms with Crippen molar-refractivity contribution in [2.75, 3.05) is 19.3 Å². The molecule has 1 unspecified atom stereocenters. The molecule has 3 heterocycles. The highest BCUT2D eigenvalue weighted by molar-refractivity contribution is 7.88. The Morgan fingerprint density at radius 2 is 1.91 bits per heavy atom. The minimum Gasteiger partial charge on any atom is -0.384 e. The van der Waals surface area contributed by atoms with Crippen LogP contribution in [0.15, 0.2) is 35.6 Å². The van der Waals surface area contributed by atoms with E-state index in [-0.39, 0.29) is 30.1 Å². The molecule has 2 aliphatic rings. The molecule has 0 bridgehead atoms. The molecule has 1 fully saturated rings. The number of oxime groups is 1. The van der Waals surface area contributed by atoms with Gasteiger partial charge in [0, 0.05) is 12.1 Å². The number of halogens is 5. The predicted octanol–water partition coefficient (Wildman–Crippen LogP) is 2.81. The zero-order valence-electron chi connectivity index (χ0n) is 16.5. The van der Waals surface area contributed by atoms with Crippen molar-refractivity contribution in [1.82, 2.24) is 14.6 Å². The van der Waals surface area contributed by atoms with Gasteiger partial charge in [0.05, 0.1) is 36.7 Å². The fraction of sp³-hybridized carbons (Fsp3) is 0.368. The van der Waals surface area contributed by atoms with E-state index in [4.69, 9.17) is 4.84 Å². The molecule has 7 nitrogen and oxygen atoms in total. The van der Waals surface area contributed by atoms with Crippen LogP contribution in [0.3, 0.4) is 0 Å². The number of likely N-dealkylation sites (tertiary alicyclic amines) is 1. The molecule has 1 N–H and O–H groups in total. The summed E-state index contributed by atoms with van der Waals surface area (Å²) in [5.41, 5.74) is -0.715. The lowest BCUT2D eigenvalue weighted by Gasteiger charge is -2.17. The van der Waals surface area contributed by atoms with Crippen molar-refractivity contribution in [1.29, 1.82) is 0 Å². The molecular weight excluding hydrogens is 459 g/mol. The summed E-state index contributed by atoms with van der Waals surface area (Å²) in [7, 11) is -3.87. The third-order valence-electron chi connectivity index (χ3n) is 5.11. The first-order valence-corrected chi connectivity index (χ1v) is 11.3. The van der Waals surface area contributed by atoms with Crippen molar-refractivity contribution in [2.24, 2.45) is 5.16 Å². The van der Waals surface area contributed by atoms with Gasteiger partial charge >= 0.3 is 0 Å². The number of sulfonamides is 1. The van der Waals surface area contributed by atoms with E-state index in [0.717, 1.165) is 41.6 Å². The van der Waals surface area contributed by atoms with Crippen LogP contribution >= 0.6 is 0 Å². The Labute approximate surface area is 179 Å². The lowest BCUT2D eigenvalue weighted by Crippen LogP contribution is -2.46. The topological polar surface area (TPSA) is 83.9 Å².